The Bertz CT molecular complexity index is 727. The molecule has 2 aromatic rings. The van der Waals surface area contributed by atoms with Gasteiger partial charge in [0.15, 0.2) is 9.84 Å². The maximum Gasteiger partial charge on any atom is 0.178 e. The molecule has 0 saturated heterocycles. The van der Waals surface area contributed by atoms with Gasteiger partial charge in [-0.2, -0.15) is 0 Å². The molecule has 6 heteroatoms. The molecular weight excluding hydrogens is 319 g/mol. The van der Waals surface area contributed by atoms with Gasteiger partial charge in [0.05, 0.1) is 15.7 Å². The molecule has 0 aliphatic rings. The normalized spacial score (nSPS) is 11.3. The van der Waals surface area contributed by atoms with Gasteiger partial charge in [0.25, 0.3) is 0 Å². The lowest BCUT2D eigenvalue weighted by molar-refractivity contribution is 0.482. The van der Waals surface area contributed by atoms with Gasteiger partial charge in [-0.05, 0) is 36.4 Å². The zero-order chi connectivity index (χ0) is 14.8. The fourth-order valence-electron chi connectivity index (χ4n) is 1.58. The Morgan fingerprint density at radius 3 is 2.45 bits per heavy atom. The molecule has 0 unspecified atom stereocenters. The second kappa shape index (κ2) is 6.04. The number of benzene rings is 2. The average Bonchev–Trinajstić information content (AvgIpc) is 2.41. The average molecular weight is 331 g/mol. The third-order valence-electron chi connectivity index (χ3n) is 2.67. The van der Waals surface area contributed by atoms with Crippen LogP contribution in [-0.2, 0) is 9.84 Å². The molecule has 0 heterocycles. The molecule has 0 aliphatic heterocycles. The van der Waals surface area contributed by atoms with Gasteiger partial charge in [-0.25, -0.2) is 8.42 Å². The van der Waals surface area contributed by atoms with Crippen LogP contribution >= 0.6 is 23.2 Å². The molecule has 0 spiro atoms. The second-order valence-electron chi connectivity index (χ2n) is 4.06. The van der Waals surface area contributed by atoms with E-state index in [9.17, 15) is 8.42 Å². The molecular formula is C14H12Cl2O3S. The second-order valence-corrected chi connectivity index (χ2v) is 7.18. The van der Waals surface area contributed by atoms with E-state index in [-0.39, 0.29) is 15.7 Å². The predicted octanol–water partition coefficient (Wildman–Crippen LogP) is 4.58. The molecule has 0 N–H and O–H groups in total. The molecule has 0 amide bonds. The molecule has 0 fully saturated rings. The van der Waals surface area contributed by atoms with E-state index in [1.165, 1.54) is 18.2 Å². The lowest BCUT2D eigenvalue weighted by Crippen LogP contribution is -2.03. The van der Waals surface area contributed by atoms with Crippen molar-refractivity contribution >= 4 is 33.0 Å². The minimum Gasteiger partial charge on any atom is -0.456 e. The monoisotopic (exact) mass is 330 g/mol. The highest BCUT2D eigenvalue weighted by molar-refractivity contribution is 7.91. The van der Waals surface area contributed by atoms with Crippen LogP contribution in [-0.4, -0.2) is 14.2 Å². The van der Waals surface area contributed by atoms with Crippen LogP contribution < -0.4 is 4.74 Å². The molecule has 0 aromatic heterocycles. The summed E-state index contributed by atoms with van der Waals surface area (Å²) in [6.07, 6.45) is 0. The Balaban J connectivity index is 2.31. The van der Waals surface area contributed by atoms with Crippen molar-refractivity contribution in [3.05, 3.63) is 52.5 Å². The Labute approximate surface area is 128 Å². The van der Waals surface area contributed by atoms with Crippen LogP contribution in [0.2, 0.25) is 10.0 Å². The van der Waals surface area contributed by atoms with Crippen molar-refractivity contribution in [2.75, 3.05) is 5.75 Å². The molecule has 106 valence electrons. The molecule has 0 radical (unpaired) electrons. The lowest BCUT2D eigenvalue weighted by Gasteiger charge is -2.09. The highest BCUT2D eigenvalue weighted by atomic mass is 35.5. The van der Waals surface area contributed by atoms with Gasteiger partial charge in [0.1, 0.15) is 11.5 Å². The van der Waals surface area contributed by atoms with Crippen molar-refractivity contribution in [3.63, 3.8) is 0 Å². The van der Waals surface area contributed by atoms with E-state index < -0.39 is 9.84 Å². The van der Waals surface area contributed by atoms with Crippen molar-refractivity contribution in [1.82, 2.24) is 0 Å². The summed E-state index contributed by atoms with van der Waals surface area (Å²) in [5, 5.41) is 0.781. The van der Waals surface area contributed by atoms with E-state index in [0.717, 1.165) is 0 Å². The van der Waals surface area contributed by atoms with Gasteiger partial charge in [0.2, 0.25) is 0 Å². The number of sulfone groups is 1. The molecule has 2 aromatic carbocycles. The third-order valence-corrected chi connectivity index (χ3v) is 4.93. The molecule has 0 bridgehead atoms. The summed E-state index contributed by atoms with van der Waals surface area (Å²) in [6, 6.07) is 11.3. The first-order chi connectivity index (χ1) is 9.42. The molecule has 0 saturated carbocycles. The number of rotatable bonds is 4. The SMILES string of the molecule is CCS(=O)(=O)c1ccc(Oc2cccc(Cl)c2)c(Cl)c1. The maximum atomic E-state index is 11.8. The van der Waals surface area contributed by atoms with Crippen LogP contribution in [0.4, 0.5) is 0 Å². The van der Waals surface area contributed by atoms with E-state index in [2.05, 4.69) is 0 Å². The number of ether oxygens (including phenoxy) is 1. The van der Waals surface area contributed by atoms with Crippen LogP contribution in [0.3, 0.4) is 0 Å². The van der Waals surface area contributed by atoms with Gasteiger partial charge in [-0.3, -0.25) is 0 Å². The van der Waals surface area contributed by atoms with E-state index in [1.54, 1.807) is 31.2 Å². The summed E-state index contributed by atoms with van der Waals surface area (Å²) < 4.78 is 29.1. The summed E-state index contributed by atoms with van der Waals surface area (Å²) >= 11 is 11.9. The van der Waals surface area contributed by atoms with Gasteiger partial charge >= 0.3 is 0 Å². The van der Waals surface area contributed by atoms with E-state index in [4.69, 9.17) is 27.9 Å². The number of halogens is 2. The Morgan fingerprint density at radius 1 is 1.10 bits per heavy atom. The largest absolute Gasteiger partial charge is 0.456 e. The van der Waals surface area contributed by atoms with Crippen LogP contribution in [0.25, 0.3) is 0 Å². The molecule has 0 atom stereocenters. The first-order valence-electron chi connectivity index (χ1n) is 5.88. The van der Waals surface area contributed by atoms with E-state index in [0.29, 0.717) is 16.5 Å². The van der Waals surface area contributed by atoms with Gasteiger partial charge < -0.3 is 4.74 Å². The predicted molar refractivity (Wildman–Crippen MR) is 80.7 cm³/mol. The third kappa shape index (κ3) is 3.45. The Kier molecular flexibility index (Phi) is 4.58. The maximum absolute atomic E-state index is 11.8. The van der Waals surface area contributed by atoms with Crippen LogP contribution in [0, 0.1) is 0 Å². The van der Waals surface area contributed by atoms with Crippen molar-refractivity contribution in [2.24, 2.45) is 0 Å². The van der Waals surface area contributed by atoms with Crippen molar-refractivity contribution in [1.29, 1.82) is 0 Å². The number of hydrogen-bond donors (Lipinski definition) is 0. The zero-order valence-corrected chi connectivity index (χ0v) is 13.0. The summed E-state index contributed by atoms with van der Waals surface area (Å²) in [5.41, 5.74) is 0. The summed E-state index contributed by atoms with van der Waals surface area (Å²) in [7, 11) is -3.28. The van der Waals surface area contributed by atoms with Gasteiger partial charge in [-0.15, -0.1) is 0 Å². The van der Waals surface area contributed by atoms with Crippen molar-refractivity contribution in [3.8, 4) is 11.5 Å². The van der Waals surface area contributed by atoms with Crippen LogP contribution in [0.1, 0.15) is 6.92 Å². The van der Waals surface area contributed by atoms with E-state index >= 15 is 0 Å². The van der Waals surface area contributed by atoms with Crippen LogP contribution in [0.5, 0.6) is 11.5 Å². The first kappa shape index (κ1) is 15.2. The smallest absolute Gasteiger partial charge is 0.178 e. The first-order valence-corrected chi connectivity index (χ1v) is 8.29. The zero-order valence-electron chi connectivity index (χ0n) is 10.6. The minimum absolute atomic E-state index is 0.0256. The molecule has 3 nitrogen and oxygen atoms in total. The highest BCUT2D eigenvalue weighted by Gasteiger charge is 2.14. The van der Waals surface area contributed by atoms with Crippen LogP contribution in [0.15, 0.2) is 47.4 Å². The summed E-state index contributed by atoms with van der Waals surface area (Å²) in [4.78, 5) is 0.184. The van der Waals surface area contributed by atoms with Gasteiger partial charge in [0, 0.05) is 5.02 Å². The standard InChI is InChI=1S/C14H12Cl2O3S/c1-2-20(17,18)12-6-7-14(13(16)9-12)19-11-5-3-4-10(15)8-11/h3-9H,2H2,1H3. The van der Waals surface area contributed by atoms with Crippen molar-refractivity contribution in [2.45, 2.75) is 11.8 Å². The van der Waals surface area contributed by atoms with Gasteiger partial charge in [-0.1, -0.05) is 36.2 Å². The fourth-order valence-corrected chi connectivity index (χ4v) is 2.95. The minimum atomic E-state index is -3.28. The molecule has 20 heavy (non-hydrogen) atoms. The van der Waals surface area contributed by atoms with Crippen molar-refractivity contribution < 1.29 is 13.2 Å². The molecule has 2 rings (SSSR count). The number of hydrogen-bond acceptors (Lipinski definition) is 3. The fraction of sp³-hybridized carbons (Fsp3) is 0.143. The topological polar surface area (TPSA) is 43.4 Å². The highest BCUT2D eigenvalue weighted by Crippen LogP contribution is 2.32. The Morgan fingerprint density at radius 2 is 1.85 bits per heavy atom. The summed E-state index contributed by atoms with van der Waals surface area (Å²) in [6.45, 7) is 1.58. The Hall–Kier alpha value is -1.23. The molecule has 0 aliphatic carbocycles. The summed E-state index contributed by atoms with van der Waals surface area (Å²) in [5.74, 6) is 0.937. The quantitative estimate of drug-likeness (QED) is 0.824. The van der Waals surface area contributed by atoms with E-state index in [1.807, 2.05) is 0 Å². The lowest BCUT2D eigenvalue weighted by atomic mass is 10.3.